The van der Waals surface area contributed by atoms with Gasteiger partial charge in [-0.05, 0) is 18.1 Å². The van der Waals surface area contributed by atoms with Crippen LogP contribution in [0.2, 0.25) is 0 Å². The number of hydrogen-bond acceptors (Lipinski definition) is 7. The molecule has 0 aliphatic carbocycles. The van der Waals surface area contributed by atoms with Gasteiger partial charge in [-0.25, -0.2) is 9.78 Å². The van der Waals surface area contributed by atoms with E-state index in [1.807, 2.05) is 4.57 Å². The van der Waals surface area contributed by atoms with Gasteiger partial charge < -0.3 is 9.67 Å². The van der Waals surface area contributed by atoms with Gasteiger partial charge in [0.05, 0.1) is 12.9 Å². The van der Waals surface area contributed by atoms with Gasteiger partial charge in [-0.2, -0.15) is 9.78 Å². The lowest BCUT2D eigenvalue weighted by molar-refractivity contribution is 0.449. The lowest BCUT2D eigenvalue weighted by Crippen LogP contribution is -2.20. The van der Waals surface area contributed by atoms with E-state index in [2.05, 4.69) is 25.4 Å². The van der Waals surface area contributed by atoms with E-state index in [0.717, 1.165) is 32.4 Å². The molecule has 0 bridgehead atoms. The van der Waals surface area contributed by atoms with Gasteiger partial charge in [-0.1, -0.05) is 77.0 Å². The average molecular weight is 459 g/mol. The average Bonchev–Trinajstić information content (AvgIpc) is 3.47. The monoisotopic (exact) mass is 458 g/mol. The molecule has 10 heteroatoms. The Bertz CT molecular complexity index is 996. The summed E-state index contributed by atoms with van der Waals surface area (Å²) in [5.41, 5.74) is 0.535. The first-order chi connectivity index (χ1) is 16.2. The molecule has 3 rings (SSSR count). The first-order valence-electron chi connectivity index (χ1n) is 12.5. The fourth-order valence-corrected chi connectivity index (χ4v) is 4.27. The molecule has 3 heterocycles. The molecule has 0 saturated heterocycles. The Morgan fingerprint density at radius 3 is 1.91 bits per heavy atom. The summed E-state index contributed by atoms with van der Waals surface area (Å²) in [5.74, 6) is -0.230. The molecule has 182 valence electrons. The van der Waals surface area contributed by atoms with E-state index in [4.69, 9.17) is 0 Å². The predicted molar refractivity (Wildman–Crippen MR) is 127 cm³/mol. The molecule has 0 saturated carbocycles. The second-order valence-corrected chi connectivity index (χ2v) is 8.87. The summed E-state index contributed by atoms with van der Waals surface area (Å²) in [6.45, 7) is 1.66. The molecule has 0 amide bonds. The van der Waals surface area contributed by atoms with Crippen molar-refractivity contribution in [2.45, 2.75) is 103 Å². The molecule has 0 radical (unpaired) electrons. The van der Waals surface area contributed by atoms with Crippen LogP contribution in [0.4, 0.5) is 0 Å². The Hall–Kier alpha value is -2.78. The number of aromatic nitrogens is 8. The Kier molecular flexibility index (Phi) is 10.3. The summed E-state index contributed by atoms with van der Waals surface area (Å²) >= 11 is 0. The number of unbranched alkanes of at least 4 members (excludes halogenated alkanes) is 13. The molecule has 0 aromatic carbocycles. The van der Waals surface area contributed by atoms with Gasteiger partial charge in [0.15, 0.2) is 12.0 Å². The Morgan fingerprint density at radius 2 is 1.36 bits per heavy atom. The third kappa shape index (κ3) is 7.94. The van der Waals surface area contributed by atoms with Gasteiger partial charge in [0.1, 0.15) is 5.52 Å². The van der Waals surface area contributed by atoms with Gasteiger partial charge in [0.2, 0.25) is 5.88 Å². The standard InChI is InChI=1S/C23H38N8O2/c1-29-21-20(22(32)27-23(29)33)30(19-24-21)16-14-12-10-8-6-4-2-3-5-7-9-11-13-15-17-31-26-18-25-28-31/h18-19H,2-17H2,1H3,(H,27,32,33). The fourth-order valence-electron chi connectivity index (χ4n) is 4.27. The minimum Gasteiger partial charge on any atom is -0.492 e. The second kappa shape index (κ2) is 13.7. The van der Waals surface area contributed by atoms with Crippen LogP contribution in [0.15, 0.2) is 17.4 Å². The molecule has 0 unspecified atom stereocenters. The van der Waals surface area contributed by atoms with Crippen LogP contribution in [-0.2, 0) is 20.1 Å². The van der Waals surface area contributed by atoms with Crippen molar-refractivity contribution < 1.29 is 5.11 Å². The second-order valence-electron chi connectivity index (χ2n) is 8.87. The summed E-state index contributed by atoms with van der Waals surface area (Å²) in [5, 5.41) is 21.6. The zero-order chi connectivity index (χ0) is 23.3. The Morgan fingerprint density at radius 1 is 0.818 bits per heavy atom. The molecule has 0 spiro atoms. The molecular formula is C23H38N8O2. The van der Waals surface area contributed by atoms with Crippen LogP contribution in [0.1, 0.15) is 89.9 Å². The minimum atomic E-state index is -0.487. The number of fused-ring (bicyclic) bond motifs is 1. The highest BCUT2D eigenvalue weighted by molar-refractivity contribution is 5.76. The number of aromatic hydroxyl groups is 1. The van der Waals surface area contributed by atoms with E-state index in [1.54, 1.807) is 18.2 Å². The van der Waals surface area contributed by atoms with Crippen LogP contribution in [0.3, 0.4) is 0 Å². The van der Waals surface area contributed by atoms with Crippen molar-refractivity contribution in [3.63, 3.8) is 0 Å². The Labute approximate surface area is 195 Å². The van der Waals surface area contributed by atoms with Crippen LogP contribution < -0.4 is 5.69 Å². The van der Waals surface area contributed by atoms with Crippen LogP contribution >= 0.6 is 0 Å². The smallest absolute Gasteiger partial charge is 0.352 e. The van der Waals surface area contributed by atoms with Gasteiger partial charge in [0.25, 0.3) is 0 Å². The highest BCUT2D eigenvalue weighted by Gasteiger charge is 2.13. The van der Waals surface area contributed by atoms with Gasteiger partial charge in [0, 0.05) is 13.6 Å². The van der Waals surface area contributed by atoms with Crippen molar-refractivity contribution in [2.24, 2.45) is 7.05 Å². The molecular weight excluding hydrogens is 420 g/mol. The lowest BCUT2D eigenvalue weighted by atomic mass is 10.0. The minimum absolute atomic E-state index is 0.230. The van der Waals surface area contributed by atoms with Crippen LogP contribution in [0, 0.1) is 0 Å². The van der Waals surface area contributed by atoms with Crippen molar-refractivity contribution >= 4 is 11.2 Å². The topological polar surface area (TPSA) is 117 Å². The number of imidazole rings is 1. The van der Waals surface area contributed by atoms with Crippen LogP contribution in [-0.4, -0.2) is 44.4 Å². The van der Waals surface area contributed by atoms with E-state index < -0.39 is 5.69 Å². The maximum Gasteiger partial charge on any atom is 0.352 e. The number of nitrogens with zero attached hydrogens (tertiary/aromatic N) is 8. The van der Waals surface area contributed by atoms with Crippen LogP contribution in [0.5, 0.6) is 5.88 Å². The number of rotatable bonds is 17. The van der Waals surface area contributed by atoms with Crippen molar-refractivity contribution in [3.8, 4) is 5.88 Å². The molecule has 10 nitrogen and oxygen atoms in total. The third-order valence-electron chi connectivity index (χ3n) is 6.23. The SMILES string of the molecule is Cn1c(=O)nc(O)c2c1ncn2CCCCCCCCCCCCCCCCn1ncnn1. The van der Waals surface area contributed by atoms with Crippen molar-refractivity contribution in [1.29, 1.82) is 0 Å². The molecule has 3 aromatic rings. The lowest BCUT2D eigenvalue weighted by Gasteiger charge is -2.06. The molecule has 33 heavy (non-hydrogen) atoms. The van der Waals surface area contributed by atoms with Gasteiger partial charge >= 0.3 is 5.69 Å². The zero-order valence-electron chi connectivity index (χ0n) is 19.9. The Balaban J connectivity index is 1.12. The fraction of sp³-hybridized carbons (Fsp3) is 0.739. The first kappa shape index (κ1) is 24.9. The summed E-state index contributed by atoms with van der Waals surface area (Å²) in [6.07, 6.45) is 21.0. The number of hydrogen-bond donors (Lipinski definition) is 1. The van der Waals surface area contributed by atoms with E-state index in [1.165, 1.54) is 81.5 Å². The maximum absolute atomic E-state index is 11.6. The van der Waals surface area contributed by atoms with E-state index in [-0.39, 0.29) is 5.88 Å². The quantitative estimate of drug-likeness (QED) is 0.304. The van der Waals surface area contributed by atoms with Crippen molar-refractivity contribution in [2.75, 3.05) is 0 Å². The maximum atomic E-state index is 11.6. The normalized spacial score (nSPS) is 11.5. The summed E-state index contributed by atoms with van der Waals surface area (Å²) in [4.78, 5) is 21.2. The molecule has 1 N–H and O–H groups in total. The first-order valence-corrected chi connectivity index (χ1v) is 12.5. The molecule has 0 fully saturated rings. The van der Waals surface area contributed by atoms with Gasteiger partial charge in [-0.15, -0.1) is 10.2 Å². The van der Waals surface area contributed by atoms with Gasteiger partial charge in [-0.3, -0.25) is 4.57 Å². The van der Waals surface area contributed by atoms with E-state index >= 15 is 0 Å². The molecule has 3 aromatic heterocycles. The number of aryl methyl sites for hydroxylation is 3. The summed E-state index contributed by atoms with van der Waals surface area (Å²) < 4.78 is 3.26. The van der Waals surface area contributed by atoms with E-state index in [9.17, 15) is 9.90 Å². The zero-order valence-corrected chi connectivity index (χ0v) is 19.9. The highest BCUT2D eigenvalue weighted by atomic mass is 16.3. The summed E-state index contributed by atoms with van der Waals surface area (Å²) in [7, 11) is 1.62. The van der Waals surface area contributed by atoms with Crippen LogP contribution in [0.25, 0.3) is 11.2 Å². The van der Waals surface area contributed by atoms with Crippen molar-refractivity contribution in [3.05, 3.63) is 23.1 Å². The molecule has 0 atom stereocenters. The van der Waals surface area contributed by atoms with Crippen molar-refractivity contribution in [1.82, 2.24) is 39.3 Å². The molecule has 0 aliphatic rings. The number of tetrazole rings is 1. The molecule has 0 aliphatic heterocycles. The third-order valence-corrected chi connectivity index (χ3v) is 6.23. The van der Waals surface area contributed by atoms with E-state index in [0.29, 0.717) is 11.2 Å². The largest absolute Gasteiger partial charge is 0.492 e. The highest BCUT2D eigenvalue weighted by Crippen LogP contribution is 2.20. The predicted octanol–water partition coefficient (Wildman–Crippen LogP) is 3.98. The summed E-state index contributed by atoms with van der Waals surface area (Å²) in [6, 6.07) is 0.